The number of ketones is 1. The van der Waals surface area contributed by atoms with Gasteiger partial charge in [-0.15, -0.1) is 0 Å². The number of Topliss-reactive ketones (excluding diaryl/α,β-unsaturated/α-hetero) is 1. The van der Waals surface area contributed by atoms with E-state index in [2.05, 4.69) is 0 Å². The molecule has 14 heavy (non-hydrogen) atoms. The van der Waals surface area contributed by atoms with Gasteiger partial charge in [-0.05, 0) is 26.0 Å². The normalized spacial score (nSPS) is 10.0. The maximum atomic E-state index is 13.4. The molecule has 1 aromatic carbocycles. The van der Waals surface area contributed by atoms with Crippen LogP contribution in [0.2, 0.25) is 5.02 Å². The van der Waals surface area contributed by atoms with E-state index >= 15 is 0 Å². The summed E-state index contributed by atoms with van der Waals surface area (Å²) in [6, 6.07) is 2.86. The van der Waals surface area contributed by atoms with Gasteiger partial charge in [0, 0.05) is 0 Å². The zero-order valence-electron chi connectivity index (χ0n) is 7.93. The summed E-state index contributed by atoms with van der Waals surface area (Å²) in [5.74, 6) is -0.811. The van der Waals surface area contributed by atoms with Gasteiger partial charge in [0.05, 0.1) is 12.2 Å². The predicted octanol–water partition coefficient (Wildman–Crippen LogP) is 3.08. The van der Waals surface area contributed by atoms with E-state index in [9.17, 15) is 9.18 Å². The summed E-state index contributed by atoms with van der Waals surface area (Å²) in [5.41, 5.74) is -0.0153. The van der Waals surface area contributed by atoms with Gasteiger partial charge in [-0.2, -0.15) is 0 Å². The van der Waals surface area contributed by atoms with E-state index in [1.165, 1.54) is 19.1 Å². The van der Waals surface area contributed by atoms with Gasteiger partial charge in [-0.25, -0.2) is 4.39 Å². The van der Waals surface area contributed by atoms with E-state index in [1.807, 2.05) is 0 Å². The SMILES string of the molecule is CCOc1ccc(C(C)=O)c(F)c1Cl. The van der Waals surface area contributed by atoms with Crippen molar-refractivity contribution in [3.63, 3.8) is 0 Å². The van der Waals surface area contributed by atoms with Crippen LogP contribution in [0.5, 0.6) is 5.75 Å². The molecule has 4 heteroatoms. The van der Waals surface area contributed by atoms with Crippen molar-refractivity contribution in [1.29, 1.82) is 0 Å². The van der Waals surface area contributed by atoms with Gasteiger partial charge < -0.3 is 4.74 Å². The first-order chi connectivity index (χ1) is 6.57. The number of rotatable bonds is 3. The lowest BCUT2D eigenvalue weighted by molar-refractivity contribution is 0.101. The van der Waals surface area contributed by atoms with Gasteiger partial charge in [0.1, 0.15) is 10.8 Å². The molecule has 1 rings (SSSR count). The highest BCUT2D eigenvalue weighted by Crippen LogP contribution is 2.29. The summed E-state index contributed by atoms with van der Waals surface area (Å²) >= 11 is 5.67. The second-order valence-electron chi connectivity index (χ2n) is 2.73. The lowest BCUT2D eigenvalue weighted by Gasteiger charge is -2.07. The van der Waals surface area contributed by atoms with Gasteiger partial charge in [0.2, 0.25) is 0 Å². The van der Waals surface area contributed by atoms with Crippen LogP contribution in [0.1, 0.15) is 24.2 Å². The van der Waals surface area contributed by atoms with E-state index in [1.54, 1.807) is 6.92 Å². The summed E-state index contributed by atoms with van der Waals surface area (Å²) in [5, 5.41) is -0.139. The molecule has 2 nitrogen and oxygen atoms in total. The molecule has 0 bridgehead atoms. The minimum absolute atomic E-state index is 0.0153. The molecule has 0 aliphatic heterocycles. The Morgan fingerprint density at radius 2 is 2.21 bits per heavy atom. The van der Waals surface area contributed by atoms with Crippen molar-refractivity contribution >= 4 is 17.4 Å². The van der Waals surface area contributed by atoms with Gasteiger partial charge in [-0.3, -0.25) is 4.79 Å². The van der Waals surface area contributed by atoms with E-state index < -0.39 is 5.82 Å². The van der Waals surface area contributed by atoms with Crippen molar-refractivity contribution in [1.82, 2.24) is 0 Å². The van der Waals surface area contributed by atoms with Crippen LogP contribution in [0.15, 0.2) is 12.1 Å². The van der Waals surface area contributed by atoms with Gasteiger partial charge in [-0.1, -0.05) is 11.6 Å². The standard InChI is InChI=1S/C10H10ClFO2/c1-3-14-8-5-4-7(6(2)13)10(12)9(8)11/h4-5H,3H2,1-2H3. The molecule has 0 radical (unpaired) electrons. The number of ether oxygens (including phenoxy) is 1. The lowest BCUT2D eigenvalue weighted by Crippen LogP contribution is -2.00. The summed E-state index contributed by atoms with van der Waals surface area (Å²) in [6.07, 6.45) is 0. The highest BCUT2D eigenvalue weighted by atomic mass is 35.5. The molecule has 0 spiro atoms. The van der Waals surface area contributed by atoms with E-state index in [-0.39, 0.29) is 22.1 Å². The topological polar surface area (TPSA) is 26.3 Å². The Balaban J connectivity index is 3.19. The van der Waals surface area contributed by atoms with Crippen LogP contribution in [-0.2, 0) is 0 Å². The van der Waals surface area contributed by atoms with E-state index in [4.69, 9.17) is 16.3 Å². The Morgan fingerprint density at radius 3 is 2.71 bits per heavy atom. The molecular formula is C10H10ClFO2. The Kier molecular flexibility index (Phi) is 3.47. The van der Waals surface area contributed by atoms with Crippen LogP contribution in [0, 0.1) is 5.82 Å². The van der Waals surface area contributed by atoms with Crippen molar-refractivity contribution in [2.24, 2.45) is 0 Å². The maximum Gasteiger partial charge on any atom is 0.162 e. The number of carbonyl (C=O) groups excluding carboxylic acids is 1. The average molecular weight is 217 g/mol. The van der Waals surface area contributed by atoms with Crippen LogP contribution in [0.4, 0.5) is 4.39 Å². The maximum absolute atomic E-state index is 13.4. The molecule has 0 unspecified atom stereocenters. The summed E-state index contributed by atoms with van der Waals surface area (Å²) in [7, 11) is 0. The Labute approximate surface area is 86.6 Å². The minimum atomic E-state index is -0.717. The van der Waals surface area contributed by atoms with Crippen LogP contribution >= 0.6 is 11.6 Å². The third-order valence-electron chi connectivity index (χ3n) is 1.73. The Bertz CT molecular complexity index is 363. The number of hydrogen-bond donors (Lipinski definition) is 0. The molecule has 0 atom stereocenters. The minimum Gasteiger partial charge on any atom is -0.492 e. The second-order valence-corrected chi connectivity index (χ2v) is 3.11. The Hall–Kier alpha value is -1.09. The largest absolute Gasteiger partial charge is 0.492 e. The highest BCUT2D eigenvalue weighted by molar-refractivity contribution is 6.32. The molecule has 0 saturated carbocycles. The predicted molar refractivity (Wildman–Crippen MR) is 52.6 cm³/mol. The molecule has 0 heterocycles. The molecule has 1 aromatic rings. The van der Waals surface area contributed by atoms with Crippen molar-refractivity contribution in [2.75, 3.05) is 6.61 Å². The highest BCUT2D eigenvalue weighted by Gasteiger charge is 2.14. The number of halogens is 2. The number of benzene rings is 1. The monoisotopic (exact) mass is 216 g/mol. The lowest BCUT2D eigenvalue weighted by atomic mass is 10.1. The molecular weight excluding hydrogens is 207 g/mol. The second kappa shape index (κ2) is 4.42. The zero-order chi connectivity index (χ0) is 10.7. The zero-order valence-corrected chi connectivity index (χ0v) is 8.69. The fourth-order valence-corrected chi connectivity index (χ4v) is 1.29. The van der Waals surface area contributed by atoms with E-state index in [0.717, 1.165) is 0 Å². The first kappa shape index (κ1) is 11.0. The average Bonchev–Trinajstić information content (AvgIpc) is 2.13. The molecule has 0 N–H and O–H groups in total. The quantitative estimate of drug-likeness (QED) is 0.726. The third kappa shape index (κ3) is 2.04. The Morgan fingerprint density at radius 1 is 1.57 bits per heavy atom. The van der Waals surface area contributed by atoms with Crippen LogP contribution in [-0.4, -0.2) is 12.4 Å². The van der Waals surface area contributed by atoms with Gasteiger partial charge in [0.25, 0.3) is 0 Å². The van der Waals surface area contributed by atoms with Crippen molar-refractivity contribution in [3.05, 3.63) is 28.5 Å². The summed E-state index contributed by atoms with van der Waals surface area (Å²) in [6.45, 7) is 3.46. The molecule has 0 fully saturated rings. The molecule has 0 aromatic heterocycles. The first-order valence-corrected chi connectivity index (χ1v) is 4.57. The van der Waals surface area contributed by atoms with Crippen LogP contribution < -0.4 is 4.74 Å². The summed E-state index contributed by atoms with van der Waals surface area (Å²) < 4.78 is 18.5. The van der Waals surface area contributed by atoms with Crippen molar-refractivity contribution in [3.8, 4) is 5.75 Å². The number of hydrogen-bond acceptors (Lipinski definition) is 2. The smallest absolute Gasteiger partial charge is 0.162 e. The fourth-order valence-electron chi connectivity index (χ4n) is 1.07. The fraction of sp³-hybridized carbons (Fsp3) is 0.300. The summed E-state index contributed by atoms with van der Waals surface area (Å²) in [4.78, 5) is 10.9. The van der Waals surface area contributed by atoms with Gasteiger partial charge in [0.15, 0.2) is 11.6 Å². The third-order valence-corrected chi connectivity index (χ3v) is 2.08. The first-order valence-electron chi connectivity index (χ1n) is 4.19. The molecule has 76 valence electrons. The molecule has 0 aliphatic rings. The molecule has 0 saturated heterocycles. The molecule has 0 amide bonds. The number of carbonyl (C=O) groups is 1. The van der Waals surface area contributed by atoms with Crippen LogP contribution in [0.3, 0.4) is 0 Å². The molecule has 0 aliphatic carbocycles. The van der Waals surface area contributed by atoms with Crippen molar-refractivity contribution < 1.29 is 13.9 Å². The van der Waals surface area contributed by atoms with Gasteiger partial charge >= 0.3 is 0 Å². The van der Waals surface area contributed by atoms with Crippen LogP contribution in [0.25, 0.3) is 0 Å². The van der Waals surface area contributed by atoms with E-state index in [0.29, 0.717) is 6.61 Å². The van der Waals surface area contributed by atoms with Crippen molar-refractivity contribution in [2.45, 2.75) is 13.8 Å².